The van der Waals surface area contributed by atoms with Crippen LogP contribution in [0.2, 0.25) is 0 Å². The van der Waals surface area contributed by atoms with E-state index in [4.69, 9.17) is 18.0 Å². The predicted octanol–water partition coefficient (Wildman–Crippen LogP) is 2.21. The molecule has 0 saturated heterocycles. The number of amides is 1. The molecule has 1 amide bonds. The van der Waals surface area contributed by atoms with Gasteiger partial charge in [-0.05, 0) is 18.9 Å². The first-order valence-electron chi connectivity index (χ1n) is 6.58. The number of hydrogen-bond acceptors (Lipinski definition) is 4. The minimum absolute atomic E-state index is 0.156. The smallest absolute Gasteiger partial charge is 0.230 e. The molecule has 0 aliphatic rings. The van der Waals surface area contributed by atoms with Gasteiger partial charge in [-0.3, -0.25) is 4.79 Å². The Morgan fingerprint density at radius 3 is 2.71 bits per heavy atom. The largest absolute Gasteiger partial charge is 0.393 e. The van der Waals surface area contributed by atoms with Gasteiger partial charge in [-0.25, -0.2) is 4.98 Å². The molecule has 110 valence electrons. The quantitative estimate of drug-likeness (QED) is 0.801. The maximum absolute atomic E-state index is 12.3. The molecule has 1 unspecified atom stereocenters. The summed E-state index contributed by atoms with van der Waals surface area (Å²) in [6, 6.07) is 9.72. The van der Waals surface area contributed by atoms with Crippen molar-refractivity contribution in [1.29, 1.82) is 0 Å². The lowest BCUT2D eigenvalue weighted by Crippen LogP contribution is -2.38. The minimum Gasteiger partial charge on any atom is -0.393 e. The summed E-state index contributed by atoms with van der Waals surface area (Å²) < 4.78 is 0. The number of thiazole rings is 1. The molecular weight excluding hydrogens is 302 g/mol. The number of thiocarbonyl (C=S) groups is 1. The number of aryl methyl sites for hydroxylation is 1. The summed E-state index contributed by atoms with van der Waals surface area (Å²) in [5, 5.41) is 5.77. The highest BCUT2D eigenvalue weighted by Crippen LogP contribution is 2.11. The first-order chi connectivity index (χ1) is 10.1. The highest BCUT2D eigenvalue weighted by molar-refractivity contribution is 7.80. The van der Waals surface area contributed by atoms with E-state index in [1.807, 2.05) is 42.6 Å². The Hall–Kier alpha value is -1.79. The summed E-state index contributed by atoms with van der Waals surface area (Å²) >= 11 is 6.59. The fourth-order valence-corrected chi connectivity index (χ4v) is 2.77. The molecule has 0 spiro atoms. The van der Waals surface area contributed by atoms with Crippen LogP contribution in [-0.4, -0.2) is 15.9 Å². The van der Waals surface area contributed by atoms with Crippen molar-refractivity contribution in [3.8, 4) is 0 Å². The first kappa shape index (κ1) is 15.6. The fraction of sp³-hybridized carbons (Fsp3) is 0.267. The number of benzene rings is 1. The number of nitrogens with two attached hydrogens (primary N) is 1. The van der Waals surface area contributed by atoms with E-state index in [1.165, 1.54) is 0 Å². The topological polar surface area (TPSA) is 68.0 Å². The zero-order valence-corrected chi connectivity index (χ0v) is 13.3. The van der Waals surface area contributed by atoms with Gasteiger partial charge in [0.1, 0.15) is 0 Å². The van der Waals surface area contributed by atoms with E-state index in [-0.39, 0.29) is 10.9 Å². The normalized spacial score (nSPS) is 11.9. The lowest BCUT2D eigenvalue weighted by Gasteiger charge is -2.15. The Labute approximate surface area is 133 Å². The fourth-order valence-electron chi connectivity index (χ4n) is 1.96. The zero-order chi connectivity index (χ0) is 15.2. The van der Waals surface area contributed by atoms with E-state index >= 15 is 0 Å². The third-order valence-electron chi connectivity index (χ3n) is 3.05. The van der Waals surface area contributed by atoms with E-state index in [2.05, 4.69) is 10.3 Å². The average Bonchev–Trinajstić information content (AvgIpc) is 2.89. The molecule has 1 aromatic carbocycles. The number of hydrogen-bond donors (Lipinski definition) is 2. The maximum atomic E-state index is 12.3. The third kappa shape index (κ3) is 4.61. The van der Waals surface area contributed by atoms with E-state index in [0.717, 1.165) is 16.3 Å². The zero-order valence-electron chi connectivity index (χ0n) is 11.7. The molecule has 4 nitrogen and oxygen atoms in total. The van der Waals surface area contributed by atoms with Crippen molar-refractivity contribution in [3.05, 3.63) is 52.0 Å². The van der Waals surface area contributed by atoms with Gasteiger partial charge in [-0.1, -0.05) is 42.5 Å². The molecule has 3 N–H and O–H groups in total. The molecule has 1 atom stereocenters. The number of rotatable bonds is 6. The highest BCUT2D eigenvalue weighted by Gasteiger charge is 2.21. The van der Waals surface area contributed by atoms with Gasteiger partial charge in [-0.2, -0.15) is 0 Å². The number of carbonyl (C=O) groups excluding carboxylic acids is 1. The lowest BCUT2D eigenvalue weighted by molar-refractivity contribution is -0.123. The molecule has 0 saturated carbocycles. The van der Waals surface area contributed by atoms with Gasteiger partial charge in [0.15, 0.2) is 0 Å². The van der Waals surface area contributed by atoms with Crippen molar-refractivity contribution in [2.45, 2.75) is 19.9 Å². The summed E-state index contributed by atoms with van der Waals surface area (Å²) in [6.07, 6.45) is 0.512. The van der Waals surface area contributed by atoms with Gasteiger partial charge in [0, 0.05) is 5.38 Å². The molecule has 21 heavy (non-hydrogen) atoms. The summed E-state index contributed by atoms with van der Waals surface area (Å²) in [4.78, 5) is 16.8. The second-order valence-corrected chi connectivity index (χ2v) is 6.25. The van der Waals surface area contributed by atoms with Crippen molar-refractivity contribution in [3.63, 3.8) is 0 Å². The van der Waals surface area contributed by atoms with Gasteiger partial charge in [-0.15, -0.1) is 11.3 Å². The lowest BCUT2D eigenvalue weighted by atomic mass is 9.98. The van der Waals surface area contributed by atoms with E-state index in [9.17, 15) is 4.79 Å². The van der Waals surface area contributed by atoms with Crippen molar-refractivity contribution in [2.75, 3.05) is 0 Å². The van der Waals surface area contributed by atoms with Crippen LogP contribution >= 0.6 is 23.6 Å². The van der Waals surface area contributed by atoms with Gasteiger partial charge < -0.3 is 11.1 Å². The Morgan fingerprint density at radius 2 is 2.14 bits per heavy atom. The number of aromatic nitrogens is 1. The Kier molecular flexibility index (Phi) is 5.41. The highest BCUT2D eigenvalue weighted by atomic mass is 32.1. The predicted molar refractivity (Wildman–Crippen MR) is 89.1 cm³/mol. The molecule has 0 aliphatic heterocycles. The number of carbonyl (C=O) groups is 1. The van der Waals surface area contributed by atoms with Crippen LogP contribution in [0.5, 0.6) is 0 Å². The number of nitrogens with zero attached hydrogens (tertiary/aromatic N) is 1. The number of nitrogens with one attached hydrogen (secondary N) is 1. The maximum Gasteiger partial charge on any atom is 0.230 e. The Bertz CT molecular complexity index is 625. The monoisotopic (exact) mass is 319 g/mol. The van der Waals surface area contributed by atoms with Crippen LogP contribution in [0.25, 0.3) is 0 Å². The molecule has 0 bridgehead atoms. The second kappa shape index (κ2) is 7.28. The summed E-state index contributed by atoms with van der Waals surface area (Å²) in [5.74, 6) is -0.654. The van der Waals surface area contributed by atoms with Crippen LogP contribution in [0.3, 0.4) is 0 Å². The van der Waals surface area contributed by atoms with E-state index in [0.29, 0.717) is 13.0 Å². The van der Waals surface area contributed by atoms with Crippen molar-refractivity contribution in [2.24, 2.45) is 11.7 Å². The molecule has 2 rings (SSSR count). The van der Waals surface area contributed by atoms with Gasteiger partial charge in [0.25, 0.3) is 0 Å². The van der Waals surface area contributed by atoms with Crippen molar-refractivity contribution in [1.82, 2.24) is 10.3 Å². The summed E-state index contributed by atoms with van der Waals surface area (Å²) in [5.41, 5.74) is 7.61. The molecular formula is C15H17N3OS2. The summed E-state index contributed by atoms with van der Waals surface area (Å²) in [6.45, 7) is 2.33. The first-order valence-corrected chi connectivity index (χ1v) is 7.87. The van der Waals surface area contributed by atoms with E-state index in [1.54, 1.807) is 11.3 Å². The minimum atomic E-state index is -0.498. The third-order valence-corrected chi connectivity index (χ3v) is 4.16. The SMILES string of the molecule is Cc1nc(CNC(=O)C(Cc2ccccc2)C(N)=S)cs1. The van der Waals surface area contributed by atoms with Crippen LogP contribution in [0.15, 0.2) is 35.7 Å². The van der Waals surface area contributed by atoms with Crippen LogP contribution in [-0.2, 0) is 17.8 Å². The molecule has 1 aromatic heterocycles. The van der Waals surface area contributed by atoms with Crippen LogP contribution in [0.4, 0.5) is 0 Å². The van der Waals surface area contributed by atoms with Gasteiger partial charge in [0.2, 0.25) is 5.91 Å². The molecule has 2 aromatic rings. The van der Waals surface area contributed by atoms with E-state index < -0.39 is 5.92 Å². The van der Waals surface area contributed by atoms with Crippen molar-refractivity contribution >= 4 is 34.5 Å². The van der Waals surface area contributed by atoms with Gasteiger partial charge in [0.05, 0.1) is 28.2 Å². The molecule has 0 aliphatic carbocycles. The molecule has 6 heteroatoms. The van der Waals surface area contributed by atoms with Gasteiger partial charge >= 0.3 is 0 Å². The van der Waals surface area contributed by atoms with Crippen LogP contribution in [0.1, 0.15) is 16.3 Å². The van der Waals surface area contributed by atoms with Crippen molar-refractivity contribution < 1.29 is 4.79 Å². The second-order valence-electron chi connectivity index (χ2n) is 4.72. The standard InChI is InChI=1S/C15H17N3OS2/c1-10-18-12(9-21-10)8-17-15(19)13(14(16)20)7-11-5-3-2-4-6-11/h2-6,9,13H,7-8H2,1H3,(H2,16,20)(H,17,19). The Morgan fingerprint density at radius 1 is 1.43 bits per heavy atom. The molecule has 0 fully saturated rings. The Balaban J connectivity index is 1.97. The van der Waals surface area contributed by atoms with Crippen LogP contribution in [0, 0.1) is 12.8 Å². The summed E-state index contributed by atoms with van der Waals surface area (Å²) in [7, 11) is 0. The average molecular weight is 319 g/mol. The van der Waals surface area contributed by atoms with Crippen LogP contribution < -0.4 is 11.1 Å². The molecule has 1 heterocycles. The molecule has 0 radical (unpaired) electrons.